The Labute approximate surface area is 101 Å². The van der Waals surface area contributed by atoms with Gasteiger partial charge in [0.15, 0.2) is 0 Å². The van der Waals surface area contributed by atoms with Crippen molar-refractivity contribution in [2.24, 2.45) is 11.7 Å². The van der Waals surface area contributed by atoms with E-state index in [-0.39, 0.29) is 17.7 Å². The summed E-state index contributed by atoms with van der Waals surface area (Å²) in [7, 11) is 1.60. The molecule has 0 spiro atoms. The molecular weight excluding hydrogens is 222 g/mol. The third-order valence-electron chi connectivity index (χ3n) is 2.99. The lowest BCUT2D eigenvalue weighted by atomic mass is 9.96. The van der Waals surface area contributed by atoms with Crippen LogP contribution in [0, 0.1) is 5.92 Å². The van der Waals surface area contributed by atoms with Crippen molar-refractivity contribution in [1.82, 2.24) is 10.2 Å². The van der Waals surface area contributed by atoms with Gasteiger partial charge in [-0.25, -0.2) is 0 Å². The normalized spacial score (nSPS) is 17.9. The molecule has 3 N–H and O–H groups in total. The predicted octanol–water partition coefficient (Wildman–Crippen LogP) is -1.05. The molecule has 0 aromatic rings. The molecule has 1 saturated heterocycles. The molecule has 0 bridgehead atoms. The molecule has 0 radical (unpaired) electrons. The Morgan fingerprint density at radius 3 is 2.59 bits per heavy atom. The second kappa shape index (κ2) is 7.24. The van der Waals surface area contributed by atoms with Gasteiger partial charge in [-0.2, -0.15) is 0 Å². The maximum Gasteiger partial charge on any atom is 0.234 e. The van der Waals surface area contributed by atoms with Crippen molar-refractivity contribution in [2.45, 2.75) is 12.8 Å². The van der Waals surface area contributed by atoms with Crippen molar-refractivity contribution >= 4 is 11.8 Å². The maximum atomic E-state index is 11.5. The number of carbonyl (C=O) groups excluding carboxylic acids is 2. The summed E-state index contributed by atoms with van der Waals surface area (Å²) in [6.07, 6.45) is 1.50. The van der Waals surface area contributed by atoms with Crippen molar-refractivity contribution in [3.05, 3.63) is 0 Å². The second-order valence-corrected chi connectivity index (χ2v) is 4.30. The van der Waals surface area contributed by atoms with Gasteiger partial charge >= 0.3 is 0 Å². The van der Waals surface area contributed by atoms with E-state index in [9.17, 15) is 9.59 Å². The first-order chi connectivity index (χ1) is 8.13. The van der Waals surface area contributed by atoms with E-state index in [1.165, 1.54) is 0 Å². The Kier molecular flexibility index (Phi) is 5.93. The van der Waals surface area contributed by atoms with Crippen LogP contribution in [-0.4, -0.2) is 56.6 Å². The fourth-order valence-corrected chi connectivity index (χ4v) is 1.93. The lowest BCUT2D eigenvalue weighted by molar-refractivity contribution is -0.124. The molecule has 0 saturated carbocycles. The fraction of sp³-hybridized carbons (Fsp3) is 0.818. The number of rotatable bonds is 6. The van der Waals surface area contributed by atoms with Gasteiger partial charge in [0.2, 0.25) is 11.8 Å². The molecular formula is C11H21N3O3. The standard InChI is InChI=1S/C11H21N3O3/c1-17-7-4-13-10(15)8-14-5-2-9(3-6-14)11(12)16/h9H,2-8H2,1H3,(H2,12,16)(H,13,15). The number of ether oxygens (including phenoxy) is 1. The summed E-state index contributed by atoms with van der Waals surface area (Å²) < 4.78 is 4.84. The Balaban J connectivity index is 2.17. The van der Waals surface area contributed by atoms with Crippen LogP contribution in [0.3, 0.4) is 0 Å². The van der Waals surface area contributed by atoms with E-state index >= 15 is 0 Å². The van der Waals surface area contributed by atoms with Gasteiger partial charge in [0.05, 0.1) is 13.2 Å². The lowest BCUT2D eigenvalue weighted by Gasteiger charge is -2.29. The minimum absolute atomic E-state index is 0.000394. The zero-order valence-corrected chi connectivity index (χ0v) is 10.3. The lowest BCUT2D eigenvalue weighted by Crippen LogP contribution is -2.44. The number of primary amides is 1. The Morgan fingerprint density at radius 2 is 2.06 bits per heavy atom. The van der Waals surface area contributed by atoms with Crippen molar-refractivity contribution in [1.29, 1.82) is 0 Å². The van der Waals surface area contributed by atoms with Gasteiger partial charge in [-0.1, -0.05) is 0 Å². The molecule has 6 nitrogen and oxygen atoms in total. The van der Waals surface area contributed by atoms with Crippen LogP contribution in [0.5, 0.6) is 0 Å². The SMILES string of the molecule is COCCNC(=O)CN1CCC(C(N)=O)CC1. The average molecular weight is 243 g/mol. The quantitative estimate of drug-likeness (QED) is 0.583. The highest BCUT2D eigenvalue weighted by Gasteiger charge is 2.23. The number of likely N-dealkylation sites (tertiary alicyclic amines) is 1. The number of nitrogens with one attached hydrogen (secondary N) is 1. The fourth-order valence-electron chi connectivity index (χ4n) is 1.93. The van der Waals surface area contributed by atoms with Crippen molar-refractivity contribution in [3.63, 3.8) is 0 Å². The number of piperidine rings is 1. The van der Waals surface area contributed by atoms with E-state index in [0.29, 0.717) is 19.7 Å². The number of hydrogen-bond donors (Lipinski definition) is 2. The van der Waals surface area contributed by atoms with E-state index < -0.39 is 0 Å². The zero-order chi connectivity index (χ0) is 12.7. The number of nitrogens with two attached hydrogens (primary N) is 1. The van der Waals surface area contributed by atoms with Crippen LogP contribution in [-0.2, 0) is 14.3 Å². The highest BCUT2D eigenvalue weighted by Crippen LogP contribution is 2.15. The average Bonchev–Trinajstić information content (AvgIpc) is 2.30. The molecule has 6 heteroatoms. The van der Waals surface area contributed by atoms with Crippen LogP contribution in [0.4, 0.5) is 0 Å². The number of methoxy groups -OCH3 is 1. The largest absolute Gasteiger partial charge is 0.383 e. The summed E-state index contributed by atoms with van der Waals surface area (Å²) >= 11 is 0. The van der Waals surface area contributed by atoms with E-state index in [4.69, 9.17) is 10.5 Å². The third kappa shape index (κ3) is 5.14. The van der Waals surface area contributed by atoms with Gasteiger partial charge in [0.1, 0.15) is 0 Å². The molecule has 1 aliphatic rings. The maximum absolute atomic E-state index is 11.5. The summed E-state index contributed by atoms with van der Waals surface area (Å²) in [5.41, 5.74) is 5.24. The summed E-state index contributed by atoms with van der Waals surface area (Å²) in [4.78, 5) is 24.5. The predicted molar refractivity (Wildman–Crippen MR) is 63.2 cm³/mol. The molecule has 0 aliphatic carbocycles. The molecule has 0 atom stereocenters. The minimum atomic E-state index is -0.228. The molecule has 1 rings (SSSR count). The summed E-state index contributed by atoms with van der Waals surface area (Å²) in [6.45, 7) is 2.95. The summed E-state index contributed by atoms with van der Waals surface area (Å²) in [6, 6.07) is 0. The highest BCUT2D eigenvalue weighted by atomic mass is 16.5. The number of carbonyl (C=O) groups is 2. The first kappa shape index (κ1) is 13.9. The van der Waals surface area contributed by atoms with Crippen LogP contribution < -0.4 is 11.1 Å². The molecule has 0 aromatic heterocycles. The van der Waals surface area contributed by atoms with Crippen LogP contribution in [0.15, 0.2) is 0 Å². The van der Waals surface area contributed by atoms with E-state index in [2.05, 4.69) is 5.32 Å². The van der Waals surface area contributed by atoms with Crippen molar-refractivity contribution < 1.29 is 14.3 Å². The van der Waals surface area contributed by atoms with E-state index in [0.717, 1.165) is 25.9 Å². The summed E-state index contributed by atoms with van der Waals surface area (Å²) in [5.74, 6) is -0.253. The molecule has 0 aromatic carbocycles. The van der Waals surface area contributed by atoms with Crippen LogP contribution in [0.2, 0.25) is 0 Å². The van der Waals surface area contributed by atoms with Gasteiger partial charge in [-0.05, 0) is 25.9 Å². The summed E-state index contributed by atoms with van der Waals surface area (Å²) in [5, 5.41) is 2.77. The number of amides is 2. The Bertz CT molecular complexity index is 263. The number of nitrogens with zero attached hydrogens (tertiary/aromatic N) is 1. The number of hydrogen-bond acceptors (Lipinski definition) is 4. The Hall–Kier alpha value is -1.14. The first-order valence-corrected chi connectivity index (χ1v) is 5.90. The third-order valence-corrected chi connectivity index (χ3v) is 2.99. The molecule has 98 valence electrons. The molecule has 1 heterocycles. The first-order valence-electron chi connectivity index (χ1n) is 5.90. The van der Waals surface area contributed by atoms with Gasteiger partial charge in [0.25, 0.3) is 0 Å². The molecule has 2 amide bonds. The van der Waals surface area contributed by atoms with Gasteiger partial charge in [-0.3, -0.25) is 14.5 Å². The van der Waals surface area contributed by atoms with Gasteiger partial charge < -0.3 is 15.8 Å². The van der Waals surface area contributed by atoms with Crippen molar-refractivity contribution in [2.75, 3.05) is 39.9 Å². The highest BCUT2D eigenvalue weighted by molar-refractivity contribution is 5.78. The van der Waals surface area contributed by atoms with Crippen LogP contribution in [0.25, 0.3) is 0 Å². The van der Waals surface area contributed by atoms with Crippen LogP contribution >= 0.6 is 0 Å². The van der Waals surface area contributed by atoms with Gasteiger partial charge in [-0.15, -0.1) is 0 Å². The van der Waals surface area contributed by atoms with Crippen LogP contribution in [0.1, 0.15) is 12.8 Å². The molecule has 1 fully saturated rings. The molecule has 17 heavy (non-hydrogen) atoms. The second-order valence-electron chi connectivity index (χ2n) is 4.30. The smallest absolute Gasteiger partial charge is 0.234 e. The molecule has 0 unspecified atom stereocenters. The minimum Gasteiger partial charge on any atom is -0.383 e. The Morgan fingerprint density at radius 1 is 1.41 bits per heavy atom. The van der Waals surface area contributed by atoms with Crippen molar-refractivity contribution in [3.8, 4) is 0 Å². The van der Waals surface area contributed by atoms with E-state index in [1.807, 2.05) is 4.90 Å². The molecule has 1 aliphatic heterocycles. The van der Waals surface area contributed by atoms with Gasteiger partial charge in [0, 0.05) is 19.6 Å². The topological polar surface area (TPSA) is 84.7 Å². The zero-order valence-electron chi connectivity index (χ0n) is 10.3. The van der Waals surface area contributed by atoms with E-state index in [1.54, 1.807) is 7.11 Å². The monoisotopic (exact) mass is 243 g/mol.